The quantitative estimate of drug-likeness (QED) is 0.872. The van der Waals surface area contributed by atoms with Crippen molar-refractivity contribution >= 4 is 9.84 Å². The van der Waals surface area contributed by atoms with Crippen LogP contribution in [0.25, 0.3) is 0 Å². The molecule has 0 aliphatic heterocycles. The van der Waals surface area contributed by atoms with Crippen molar-refractivity contribution in [3.8, 4) is 6.07 Å². The molecule has 1 aromatic rings. The summed E-state index contributed by atoms with van der Waals surface area (Å²) in [6.45, 7) is 2.60. The summed E-state index contributed by atoms with van der Waals surface area (Å²) < 4.78 is 24.3. The fourth-order valence-corrected chi connectivity index (χ4v) is 3.56. The van der Waals surface area contributed by atoms with Gasteiger partial charge in [-0.25, -0.2) is 8.42 Å². The topological polar surface area (TPSA) is 70.0 Å². The summed E-state index contributed by atoms with van der Waals surface area (Å²) in [5.74, 6) is 0.795. The molecule has 0 spiro atoms. The summed E-state index contributed by atoms with van der Waals surface area (Å²) in [5.41, 5.74) is 0.473. The van der Waals surface area contributed by atoms with Crippen molar-refractivity contribution in [1.29, 1.82) is 5.26 Å². The Morgan fingerprint density at radius 1 is 1.35 bits per heavy atom. The summed E-state index contributed by atoms with van der Waals surface area (Å²) in [6.07, 6.45) is 3.79. The Morgan fingerprint density at radius 3 is 2.50 bits per heavy atom. The van der Waals surface area contributed by atoms with Crippen molar-refractivity contribution in [2.24, 2.45) is 5.92 Å². The van der Waals surface area contributed by atoms with E-state index >= 15 is 0 Å². The summed E-state index contributed by atoms with van der Waals surface area (Å²) in [4.78, 5) is 0.287. The molecule has 1 unspecified atom stereocenters. The second-order valence-electron chi connectivity index (χ2n) is 5.39. The average molecular weight is 292 g/mol. The van der Waals surface area contributed by atoms with Crippen LogP contribution in [0.1, 0.15) is 31.7 Å². The van der Waals surface area contributed by atoms with Gasteiger partial charge in [0.05, 0.1) is 22.3 Å². The lowest BCUT2D eigenvalue weighted by Gasteiger charge is -2.32. The van der Waals surface area contributed by atoms with E-state index in [-0.39, 0.29) is 10.6 Å². The number of nitriles is 1. The molecule has 2 rings (SSSR count). The Hall–Kier alpha value is -1.38. The lowest BCUT2D eigenvalue weighted by atomic mass is 9.80. The van der Waals surface area contributed by atoms with Crippen molar-refractivity contribution in [3.05, 3.63) is 29.8 Å². The van der Waals surface area contributed by atoms with E-state index in [9.17, 15) is 8.42 Å². The Morgan fingerprint density at radius 2 is 2.00 bits per heavy atom. The van der Waals surface area contributed by atoms with Crippen LogP contribution in [0.2, 0.25) is 0 Å². The maximum atomic E-state index is 12.1. The van der Waals surface area contributed by atoms with Gasteiger partial charge >= 0.3 is 0 Å². The largest absolute Gasteiger partial charge is 0.313 e. The number of nitrogens with zero attached hydrogens (tertiary/aromatic N) is 1. The van der Waals surface area contributed by atoms with E-state index in [1.165, 1.54) is 43.5 Å². The molecule has 1 aromatic carbocycles. The Bertz CT molecular complexity index is 583. The predicted octanol–water partition coefficient (Wildman–Crippen LogP) is 2.11. The van der Waals surface area contributed by atoms with Crippen LogP contribution in [-0.4, -0.2) is 26.8 Å². The Labute approximate surface area is 120 Å². The average Bonchev–Trinajstić information content (AvgIpc) is 2.36. The molecule has 1 atom stereocenters. The van der Waals surface area contributed by atoms with Crippen molar-refractivity contribution in [2.45, 2.75) is 37.1 Å². The lowest BCUT2D eigenvalue weighted by molar-refractivity contribution is 0.244. The molecule has 1 N–H and O–H groups in total. The number of rotatable bonds is 6. The van der Waals surface area contributed by atoms with E-state index in [0.29, 0.717) is 24.1 Å². The number of sulfone groups is 1. The fourth-order valence-electron chi connectivity index (χ4n) is 2.38. The molecule has 20 heavy (non-hydrogen) atoms. The second kappa shape index (κ2) is 6.38. The van der Waals surface area contributed by atoms with Gasteiger partial charge in [-0.15, -0.1) is 0 Å². The van der Waals surface area contributed by atoms with Crippen LogP contribution in [-0.2, 0) is 9.84 Å². The highest BCUT2D eigenvalue weighted by Crippen LogP contribution is 2.29. The molecule has 0 radical (unpaired) electrons. The van der Waals surface area contributed by atoms with Gasteiger partial charge in [0.25, 0.3) is 0 Å². The molecule has 1 fully saturated rings. The zero-order chi connectivity index (χ0) is 14.6. The number of hydrogen-bond donors (Lipinski definition) is 1. The predicted molar refractivity (Wildman–Crippen MR) is 78.0 cm³/mol. The number of benzene rings is 1. The van der Waals surface area contributed by atoms with E-state index in [0.717, 1.165) is 0 Å². The highest BCUT2D eigenvalue weighted by Gasteiger charge is 2.23. The third-order valence-electron chi connectivity index (χ3n) is 4.04. The first-order chi connectivity index (χ1) is 9.53. The van der Waals surface area contributed by atoms with Gasteiger partial charge in [0.15, 0.2) is 9.84 Å². The van der Waals surface area contributed by atoms with E-state index in [1.807, 2.05) is 6.07 Å². The van der Waals surface area contributed by atoms with Crippen molar-refractivity contribution in [3.63, 3.8) is 0 Å². The second-order valence-corrected chi connectivity index (χ2v) is 7.50. The summed E-state index contributed by atoms with van der Waals surface area (Å²) >= 11 is 0. The van der Waals surface area contributed by atoms with Crippen LogP contribution in [0.5, 0.6) is 0 Å². The molecule has 0 heterocycles. The Balaban J connectivity index is 1.88. The van der Waals surface area contributed by atoms with E-state index in [2.05, 4.69) is 12.2 Å². The zero-order valence-electron chi connectivity index (χ0n) is 11.7. The third kappa shape index (κ3) is 3.59. The molecule has 5 heteroatoms. The van der Waals surface area contributed by atoms with Crippen molar-refractivity contribution < 1.29 is 8.42 Å². The van der Waals surface area contributed by atoms with E-state index in [4.69, 9.17) is 5.26 Å². The smallest absolute Gasteiger partial charge is 0.179 e. The lowest BCUT2D eigenvalue weighted by Crippen LogP contribution is -2.39. The standard InChI is InChI=1S/C15H20N2O2S/c1-12(14-3-2-4-14)17-9-10-20(18,19)15-7-5-13(11-16)6-8-15/h5-8,12,14,17H,2-4,9-10H2,1H3. The van der Waals surface area contributed by atoms with Gasteiger partial charge in [0.1, 0.15) is 0 Å². The van der Waals surface area contributed by atoms with Crippen molar-refractivity contribution in [1.82, 2.24) is 5.32 Å². The van der Waals surface area contributed by atoms with Crippen molar-refractivity contribution in [2.75, 3.05) is 12.3 Å². The SMILES string of the molecule is CC(NCCS(=O)(=O)c1ccc(C#N)cc1)C1CCC1. The molecule has 1 saturated carbocycles. The van der Waals surface area contributed by atoms with E-state index in [1.54, 1.807) is 0 Å². The molecule has 4 nitrogen and oxygen atoms in total. The van der Waals surface area contributed by atoms with Gasteiger partial charge < -0.3 is 5.32 Å². The summed E-state index contributed by atoms with van der Waals surface area (Å²) in [6, 6.07) is 8.46. The third-order valence-corrected chi connectivity index (χ3v) is 5.77. The first-order valence-electron chi connectivity index (χ1n) is 6.99. The summed E-state index contributed by atoms with van der Waals surface area (Å²) in [7, 11) is -3.27. The summed E-state index contributed by atoms with van der Waals surface area (Å²) in [5, 5.41) is 12.0. The maximum absolute atomic E-state index is 12.1. The minimum atomic E-state index is -3.27. The van der Waals surface area contributed by atoms with Crippen LogP contribution in [0.3, 0.4) is 0 Å². The van der Waals surface area contributed by atoms with Crippen LogP contribution in [0, 0.1) is 17.2 Å². The molecule has 0 bridgehead atoms. The highest BCUT2D eigenvalue weighted by molar-refractivity contribution is 7.91. The highest BCUT2D eigenvalue weighted by atomic mass is 32.2. The molecule has 0 saturated heterocycles. The van der Waals surface area contributed by atoms with Gasteiger partial charge in [-0.05, 0) is 49.9 Å². The molecule has 1 aliphatic rings. The van der Waals surface area contributed by atoms with Gasteiger partial charge in [-0.2, -0.15) is 5.26 Å². The van der Waals surface area contributed by atoms with Crippen LogP contribution < -0.4 is 5.32 Å². The minimum absolute atomic E-state index is 0.0932. The molecule has 1 aliphatic carbocycles. The molecular weight excluding hydrogens is 272 g/mol. The van der Waals surface area contributed by atoms with Gasteiger partial charge in [0.2, 0.25) is 0 Å². The Kier molecular flexibility index (Phi) is 4.79. The van der Waals surface area contributed by atoms with Crippen LogP contribution in [0.4, 0.5) is 0 Å². The minimum Gasteiger partial charge on any atom is -0.313 e. The van der Waals surface area contributed by atoms with Gasteiger partial charge in [0, 0.05) is 12.6 Å². The monoisotopic (exact) mass is 292 g/mol. The normalized spacial score (nSPS) is 17.2. The van der Waals surface area contributed by atoms with Crippen LogP contribution in [0.15, 0.2) is 29.2 Å². The molecule has 0 aromatic heterocycles. The molecule has 108 valence electrons. The molecule has 0 amide bonds. The molecular formula is C15H20N2O2S. The van der Waals surface area contributed by atoms with E-state index < -0.39 is 9.84 Å². The van der Waals surface area contributed by atoms with Crippen LogP contribution >= 0.6 is 0 Å². The number of nitrogens with one attached hydrogen (secondary N) is 1. The first-order valence-corrected chi connectivity index (χ1v) is 8.64. The first kappa shape index (κ1) is 15.0. The zero-order valence-corrected chi connectivity index (χ0v) is 12.5. The van der Waals surface area contributed by atoms with Gasteiger partial charge in [-0.3, -0.25) is 0 Å². The maximum Gasteiger partial charge on any atom is 0.179 e. The number of hydrogen-bond acceptors (Lipinski definition) is 4. The van der Waals surface area contributed by atoms with Gasteiger partial charge in [-0.1, -0.05) is 6.42 Å². The fraction of sp³-hybridized carbons (Fsp3) is 0.533.